The van der Waals surface area contributed by atoms with Crippen molar-refractivity contribution in [3.8, 4) is 11.5 Å². The normalized spacial score (nSPS) is 16.0. The van der Waals surface area contributed by atoms with Gasteiger partial charge >= 0.3 is 5.97 Å². The van der Waals surface area contributed by atoms with Gasteiger partial charge in [-0.05, 0) is 25.0 Å². The smallest absolute Gasteiger partial charge is 0.340 e. The fraction of sp³-hybridized carbons (Fsp3) is 0.368. The molecule has 8 heteroatoms. The van der Waals surface area contributed by atoms with Crippen LogP contribution in [0, 0.1) is 0 Å². The maximum absolute atomic E-state index is 12.6. The zero-order valence-electron chi connectivity index (χ0n) is 15.2. The molecule has 0 aliphatic carbocycles. The number of nitrogens with one attached hydrogen (secondary N) is 1. The number of hydrogen-bond donors (Lipinski definition) is 1. The predicted octanol–water partition coefficient (Wildman–Crippen LogP) is 2.88. The van der Waals surface area contributed by atoms with Crippen molar-refractivity contribution in [1.82, 2.24) is 0 Å². The van der Waals surface area contributed by atoms with Crippen LogP contribution in [0.3, 0.4) is 0 Å². The summed E-state index contributed by atoms with van der Waals surface area (Å²) in [4.78, 5) is 24.9. The highest BCUT2D eigenvalue weighted by Crippen LogP contribution is 2.34. The second kappa shape index (κ2) is 8.59. The van der Waals surface area contributed by atoms with E-state index in [1.165, 1.54) is 38.7 Å². The second-order valence-corrected chi connectivity index (χ2v) is 5.92. The first kappa shape index (κ1) is 18.8. The molecule has 1 unspecified atom stereocenters. The molecular weight excluding hydrogens is 354 g/mol. The van der Waals surface area contributed by atoms with Crippen LogP contribution in [0.2, 0.25) is 0 Å². The quantitative estimate of drug-likeness (QED) is 0.743. The van der Waals surface area contributed by atoms with Crippen LogP contribution in [0.4, 0.5) is 5.69 Å². The lowest BCUT2D eigenvalue weighted by molar-refractivity contribution is 0.0162. The van der Waals surface area contributed by atoms with Crippen LogP contribution in [0.1, 0.15) is 33.8 Å². The molecule has 0 spiro atoms. The van der Waals surface area contributed by atoms with Gasteiger partial charge in [-0.3, -0.25) is 4.79 Å². The fourth-order valence-electron chi connectivity index (χ4n) is 2.77. The Labute approximate surface area is 156 Å². The molecule has 2 aromatic rings. The van der Waals surface area contributed by atoms with E-state index in [2.05, 4.69) is 5.32 Å². The van der Waals surface area contributed by atoms with Gasteiger partial charge < -0.3 is 28.7 Å². The summed E-state index contributed by atoms with van der Waals surface area (Å²) in [5, 5.41) is 2.65. The third-order valence-corrected chi connectivity index (χ3v) is 4.16. The molecule has 0 radical (unpaired) electrons. The Morgan fingerprint density at radius 1 is 1.22 bits per heavy atom. The van der Waals surface area contributed by atoms with Gasteiger partial charge in [0.25, 0.3) is 5.91 Å². The lowest BCUT2D eigenvalue weighted by Gasteiger charge is -2.16. The molecule has 1 aromatic carbocycles. The van der Waals surface area contributed by atoms with Gasteiger partial charge in [0.05, 0.1) is 37.8 Å². The summed E-state index contributed by atoms with van der Waals surface area (Å²) in [5.41, 5.74) is 0.372. The zero-order valence-corrected chi connectivity index (χ0v) is 15.2. The molecule has 1 atom stereocenters. The van der Waals surface area contributed by atoms with E-state index in [-0.39, 0.29) is 29.7 Å². The minimum atomic E-state index is -0.596. The lowest BCUT2D eigenvalue weighted by Crippen LogP contribution is -2.20. The van der Waals surface area contributed by atoms with E-state index in [4.69, 9.17) is 23.4 Å². The number of furan rings is 1. The molecule has 2 heterocycles. The number of ether oxygens (including phenoxy) is 4. The van der Waals surface area contributed by atoms with Crippen molar-refractivity contribution in [2.24, 2.45) is 0 Å². The van der Waals surface area contributed by atoms with Crippen LogP contribution in [-0.2, 0) is 9.47 Å². The molecule has 1 aromatic heterocycles. The minimum absolute atomic E-state index is 0.102. The number of amides is 1. The van der Waals surface area contributed by atoms with E-state index in [1.54, 1.807) is 6.07 Å². The molecule has 3 rings (SSSR count). The predicted molar refractivity (Wildman–Crippen MR) is 95.5 cm³/mol. The topological polar surface area (TPSA) is 96.2 Å². The van der Waals surface area contributed by atoms with Gasteiger partial charge in [0.1, 0.15) is 6.61 Å². The van der Waals surface area contributed by atoms with Gasteiger partial charge in [-0.25, -0.2) is 4.79 Å². The van der Waals surface area contributed by atoms with Crippen LogP contribution >= 0.6 is 0 Å². The van der Waals surface area contributed by atoms with Crippen molar-refractivity contribution in [2.45, 2.75) is 18.9 Å². The molecule has 0 bridgehead atoms. The van der Waals surface area contributed by atoms with Crippen LogP contribution in [-0.4, -0.2) is 45.4 Å². The average molecular weight is 375 g/mol. The molecule has 1 N–H and O–H groups in total. The summed E-state index contributed by atoms with van der Waals surface area (Å²) >= 11 is 0. The number of methoxy groups -OCH3 is 2. The lowest BCUT2D eigenvalue weighted by atomic mass is 10.1. The average Bonchev–Trinajstić information content (AvgIpc) is 3.39. The number of carbonyl (C=O) groups excluding carboxylic acids is 2. The van der Waals surface area contributed by atoms with Gasteiger partial charge in [-0.15, -0.1) is 0 Å². The Balaban J connectivity index is 1.84. The molecule has 1 amide bonds. The van der Waals surface area contributed by atoms with E-state index >= 15 is 0 Å². The molecule has 1 saturated heterocycles. The third-order valence-electron chi connectivity index (χ3n) is 4.16. The zero-order chi connectivity index (χ0) is 19.2. The summed E-state index contributed by atoms with van der Waals surface area (Å²) in [5.74, 6) is -0.273. The van der Waals surface area contributed by atoms with Crippen LogP contribution in [0.15, 0.2) is 34.9 Å². The van der Waals surface area contributed by atoms with E-state index in [9.17, 15) is 9.59 Å². The Morgan fingerprint density at radius 3 is 2.63 bits per heavy atom. The summed E-state index contributed by atoms with van der Waals surface area (Å²) < 4.78 is 26.4. The van der Waals surface area contributed by atoms with Crippen molar-refractivity contribution < 1.29 is 33.0 Å². The first-order valence-electron chi connectivity index (χ1n) is 8.52. The van der Waals surface area contributed by atoms with E-state index < -0.39 is 11.9 Å². The van der Waals surface area contributed by atoms with Gasteiger partial charge in [0, 0.05) is 18.7 Å². The second-order valence-electron chi connectivity index (χ2n) is 5.92. The number of rotatable bonds is 7. The Kier molecular flexibility index (Phi) is 5.97. The minimum Gasteiger partial charge on any atom is -0.493 e. The van der Waals surface area contributed by atoms with Crippen molar-refractivity contribution in [2.75, 3.05) is 32.8 Å². The number of anilines is 1. The fourth-order valence-corrected chi connectivity index (χ4v) is 2.77. The van der Waals surface area contributed by atoms with Crippen LogP contribution in [0.5, 0.6) is 11.5 Å². The van der Waals surface area contributed by atoms with E-state index in [0.717, 1.165) is 12.8 Å². The van der Waals surface area contributed by atoms with Gasteiger partial charge in [-0.2, -0.15) is 0 Å². The van der Waals surface area contributed by atoms with Crippen LogP contribution in [0.25, 0.3) is 0 Å². The summed E-state index contributed by atoms with van der Waals surface area (Å²) in [7, 11) is 2.92. The van der Waals surface area contributed by atoms with Crippen molar-refractivity contribution in [3.63, 3.8) is 0 Å². The highest BCUT2D eigenvalue weighted by atomic mass is 16.6. The molecule has 0 saturated carbocycles. The molecule has 1 fully saturated rings. The molecule has 144 valence electrons. The summed E-state index contributed by atoms with van der Waals surface area (Å²) in [6, 6.07) is 6.09. The Morgan fingerprint density at radius 2 is 2.00 bits per heavy atom. The SMILES string of the molecule is COc1cc(NC(=O)c2ccco2)c(C(=O)OCC2CCCO2)cc1OC. The molecule has 1 aliphatic rings. The maximum Gasteiger partial charge on any atom is 0.340 e. The highest BCUT2D eigenvalue weighted by Gasteiger charge is 2.23. The molecule has 1 aliphatic heterocycles. The summed E-state index contributed by atoms with van der Waals surface area (Å²) in [6.45, 7) is 0.821. The number of esters is 1. The van der Waals surface area contributed by atoms with Gasteiger partial charge in [0.2, 0.25) is 0 Å². The first-order valence-corrected chi connectivity index (χ1v) is 8.52. The van der Waals surface area contributed by atoms with Crippen LogP contribution < -0.4 is 14.8 Å². The van der Waals surface area contributed by atoms with E-state index in [0.29, 0.717) is 18.1 Å². The standard InChI is InChI=1S/C19H21NO7/c1-23-16-9-13(19(22)27-11-12-5-3-7-25-12)14(10-17(16)24-2)20-18(21)15-6-4-8-26-15/h4,6,8-10,12H,3,5,7,11H2,1-2H3,(H,20,21). The first-order chi connectivity index (χ1) is 13.1. The number of carbonyl (C=O) groups is 2. The molecular formula is C19H21NO7. The van der Waals surface area contributed by atoms with E-state index in [1.807, 2.05) is 0 Å². The molecule has 8 nitrogen and oxygen atoms in total. The Bertz CT molecular complexity index is 795. The maximum atomic E-state index is 12.6. The van der Waals surface area contributed by atoms with Crippen molar-refractivity contribution >= 4 is 17.6 Å². The van der Waals surface area contributed by atoms with Gasteiger partial charge in [0.15, 0.2) is 17.3 Å². The largest absolute Gasteiger partial charge is 0.493 e. The number of hydrogen-bond acceptors (Lipinski definition) is 7. The number of benzene rings is 1. The Hall–Kier alpha value is -3.00. The van der Waals surface area contributed by atoms with Crippen molar-refractivity contribution in [1.29, 1.82) is 0 Å². The highest BCUT2D eigenvalue weighted by molar-refractivity contribution is 6.07. The monoisotopic (exact) mass is 375 g/mol. The summed E-state index contributed by atoms with van der Waals surface area (Å²) in [6.07, 6.45) is 3.08. The third kappa shape index (κ3) is 4.40. The van der Waals surface area contributed by atoms with Gasteiger partial charge in [-0.1, -0.05) is 0 Å². The molecule has 27 heavy (non-hydrogen) atoms. The van der Waals surface area contributed by atoms with Crippen molar-refractivity contribution in [3.05, 3.63) is 41.9 Å².